The van der Waals surface area contributed by atoms with Crippen molar-refractivity contribution in [2.75, 3.05) is 47.3 Å². The number of thioether (sulfide) groups is 1. The van der Waals surface area contributed by atoms with E-state index in [1.165, 1.54) is 49.8 Å². The van der Waals surface area contributed by atoms with Gasteiger partial charge in [-0.1, -0.05) is 70.0 Å². The third-order valence-corrected chi connectivity index (χ3v) is 23.8. The molecule has 506 valence electrons. The number of hydrogen-bond acceptors (Lipinski definition) is 26. The molecule has 3 unspecified atom stereocenters. The van der Waals surface area contributed by atoms with E-state index < -0.39 is 136 Å². The van der Waals surface area contributed by atoms with E-state index in [-0.39, 0.29) is 85.2 Å². The van der Waals surface area contributed by atoms with Crippen molar-refractivity contribution in [2.45, 2.75) is 221 Å². The molecule has 1 aromatic rings. The zero-order chi connectivity index (χ0) is 66.6. The van der Waals surface area contributed by atoms with Crippen LogP contribution in [0.2, 0.25) is 0 Å². The number of allylic oxidation sites excluding steroid dienone is 2. The lowest BCUT2D eigenvalue weighted by molar-refractivity contribution is -0.342. The maximum absolute atomic E-state index is 14.5. The molecule has 6 fully saturated rings. The van der Waals surface area contributed by atoms with Crippen LogP contribution in [0.1, 0.15) is 110 Å². The van der Waals surface area contributed by atoms with E-state index in [0.29, 0.717) is 39.0 Å². The summed E-state index contributed by atoms with van der Waals surface area (Å²) in [6.45, 7) is 16.5. The molecule has 4 aliphatic heterocycles. The SMILES string of the molecule is CCN[C@H]1CO[C@@H](O[C@H]2[C@H](O[C@H]3C#C/C=C(/C)C#CC45C(CC(C)=O)C(=O)C[C@]4(O)/C(=C/CSSC(C)(C)CCC(=O)O)C35)O[C@H](C)[C@@H](NO[C@H]3C[C@H](O)[C@H](SC(=O)c4c(C)c(I)c(O[C@@H]5O[C@@H](C)[C@H](O)[C@@H](OC)[C@H]5O)c(OC)c4OC)[C@@H](C)O3)[C@@H]2O)C[C@@H]1OC. The van der Waals surface area contributed by atoms with Crippen molar-refractivity contribution in [3.8, 4) is 40.9 Å². The smallest absolute Gasteiger partial charge is 0.303 e. The van der Waals surface area contributed by atoms with Crippen LogP contribution in [0.15, 0.2) is 23.3 Å². The number of halogens is 1. The number of carboxylic acids is 1. The van der Waals surface area contributed by atoms with Crippen LogP contribution in [0.25, 0.3) is 0 Å². The number of carboxylic acid groups (broad SMARTS) is 1. The van der Waals surface area contributed by atoms with Gasteiger partial charge in [-0.2, -0.15) is 5.48 Å². The lowest BCUT2D eigenvalue weighted by atomic mass is 9.44. The fraction of sp³-hybridized carbons (Fsp3) is 0.714. The quantitative estimate of drug-likeness (QED) is 0.0157. The zero-order valence-electron chi connectivity index (χ0n) is 53.4. The van der Waals surface area contributed by atoms with Crippen LogP contribution in [-0.4, -0.2) is 221 Å². The summed E-state index contributed by atoms with van der Waals surface area (Å²) in [6, 6.07) is -1.25. The summed E-state index contributed by atoms with van der Waals surface area (Å²) in [5.41, 5.74) is 1.11. The van der Waals surface area contributed by atoms with Crippen molar-refractivity contribution < 1.29 is 107 Å². The normalized spacial score (nSPS) is 38.2. The van der Waals surface area contributed by atoms with Gasteiger partial charge in [-0.25, -0.2) is 0 Å². The molecular weight excluding hydrogens is 1360 g/mol. The highest BCUT2D eigenvalue weighted by molar-refractivity contribution is 14.1. The predicted molar refractivity (Wildman–Crippen MR) is 344 cm³/mol. The van der Waals surface area contributed by atoms with Gasteiger partial charge in [-0.05, 0) is 108 Å². The number of aliphatic carboxylic acids is 1. The molecule has 22 atom stereocenters. The Balaban J connectivity index is 1.03. The van der Waals surface area contributed by atoms with E-state index in [1.807, 2.05) is 49.4 Å². The number of hydrogen-bond donors (Lipinski definition) is 8. The summed E-state index contributed by atoms with van der Waals surface area (Å²) >= 11 is 2.83. The summed E-state index contributed by atoms with van der Waals surface area (Å²) in [5.74, 6) is 9.79. The average molecular weight is 1450 g/mol. The number of methoxy groups -OCH3 is 4. The Bertz CT molecular complexity index is 3000. The van der Waals surface area contributed by atoms with E-state index >= 15 is 0 Å². The van der Waals surface area contributed by atoms with Crippen molar-refractivity contribution in [1.82, 2.24) is 10.8 Å². The minimum Gasteiger partial charge on any atom is -0.492 e. The highest BCUT2D eigenvalue weighted by Gasteiger charge is 2.78. The lowest BCUT2D eigenvalue weighted by Crippen LogP contribution is -2.69. The maximum atomic E-state index is 14.5. The van der Waals surface area contributed by atoms with Crippen LogP contribution in [0, 0.1) is 51.4 Å². The molecule has 4 saturated heterocycles. The first kappa shape index (κ1) is 73.6. The van der Waals surface area contributed by atoms with Gasteiger partial charge in [0.15, 0.2) is 30.4 Å². The number of likely N-dealkylation sites (N-methyl/N-ethyl adjacent to an activating group) is 1. The van der Waals surface area contributed by atoms with Gasteiger partial charge in [0.05, 0.1) is 83.2 Å². The fourth-order valence-electron chi connectivity index (χ4n) is 13.2. The van der Waals surface area contributed by atoms with Crippen molar-refractivity contribution in [1.29, 1.82) is 0 Å². The Morgan fingerprint density at radius 3 is 2.26 bits per heavy atom. The predicted octanol–water partition coefficient (Wildman–Crippen LogP) is 4.55. The number of rotatable bonds is 26. The Morgan fingerprint density at radius 1 is 0.901 bits per heavy atom. The van der Waals surface area contributed by atoms with Crippen LogP contribution < -0.4 is 25.0 Å². The van der Waals surface area contributed by atoms with E-state index in [0.717, 1.165) is 11.8 Å². The number of aliphatic hydroxyl groups is 5. The third-order valence-electron chi connectivity index (χ3n) is 17.9. The summed E-state index contributed by atoms with van der Waals surface area (Å²) < 4.78 is 67.9. The number of hydroxylamine groups is 1. The van der Waals surface area contributed by atoms with E-state index in [9.17, 15) is 49.8 Å². The highest BCUT2D eigenvalue weighted by atomic mass is 127. The summed E-state index contributed by atoms with van der Waals surface area (Å²) in [4.78, 5) is 59.4. The van der Waals surface area contributed by atoms with Gasteiger partial charge in [0.25, 0.3) is 0 Å². The molecular formula is C63H87IN2O22S3. The Hall–Kier alpha value is -3.16. The van der Waals surface area contributed by atoms with Crippen molar-refractivity contribution in [3.63, 3.8) is 0 Å². The molecule has 0 radical (unpaired) electrons. The second-order valence-electron chi connectivity index (χ2n) is 24.6. The molecule has 1 aromatic carbocycles. The fourth-order valence-corrected chi connectivity index (χ4v) is 17.4. The summed E-state index contributed by atoms with van der Waals surface area (Å²) in [6.07, 6.45) is -13.1. The molecule has 8 rings (SSSR count). The number of aliphatic hydroxyl groups excluding tert-OH is 4. The van der Waals surface area contributed by atoms with E-state index in [4.69, 9.17) is 56.9 Å². The summed E-state index contributed by atoms with van der Waals surface area (Å²) in [7, 11) is 8.63. The van der Waals surface area contributed by atoms with Gasteiger partial charge >= 0.3 is 5.97 Å². The average Bonchev–Trinajstić information content (AvgIpc) is 1.55. The zero-order valence-corrected chi connectivity index (χ0v) is 58.0. The van der Waals surface area contributed by atoms with Crippen molar-refractivity contribution >= 4 is 78.6 Å². The minimum absolute atomic E-state index is 0.0128. The van der Waals surface area contributed by atoms with Gasteiger partial charge in [-0.15, -0.1) is 0 Å². The van der Waals surface area contributed by atoms with Gasteiger partial charge in [0, 0.05) is 74.2 Å². The second-order valence-corrected chi connectivity index (χ2v) is 29.9. The molecule has 3 aliphatic carbocycles. The molecule has 4 heterocycles. The van der Waals surface area contributed by atoms with Crippen LogP contribution in [0.3, 0.4) is 0 Å². The van der Waals surface area contributed by atoms with Gasteiger partial charge in [-0.3, -0.25) is 19.2 Å². The van der Waals surface area contributed by atoms with Gasteiger partial charge in [0.2, 0.25) is 17.2 Å². The van der Waals surface area contributed by atoms with Gasteiger partial charge in [0.1, 0.15) is 53.8 Å². The minimum atomic E-state index is -1.82. The molecule has 0 aromatic heterocycles. The Labute approximate surface area is 557 Å². The molecule has 0 amide bonds. The first-order valence-electron chi connectivity index (χ1n) is 30.4. The van der Waals surface area contributed by atoms with Crippen LogP contribution in [0.4, 0.5) is 0 Å². The van der Waals surface area contributed by atoms with Crippen LogP contribution in [0.5, 0.6) is 17.2 Å². The largest absolute Gasteiger partial charge is 0.492 e. The Morgan fingerprint density at radius 2 is 1.62 bits per heavy atom. The van der Waals surface area contributed by atoms with Crippen molar-refractivity contribution in [3.05, 3.63) is 38.0 Å². The molecule has 7 aliphatic rings. The summed E-state index contributed by atoms with van der Waals surface area (Å²) in [5, 5.41) is 70.6. The lowest BCUT2D eigenvalue weighted by Gasteiger charge is -2.60. The number of benzene rings is 1. The third kappa shape index (κ3) is 15.7. The number of carbonyl (C=O) groups excluding carboxylic acids is 3. The molecule has 91 heavy (non-hydrogen) atoms. The molecule has 1 spiro atoms. The highest BCUT2D eigenvalue weighted by Crippen LogP contribution is 2.70. The molecule has 2 saturated carbocycles. The monoisotopic (exact) mass is 1450 g/mol. The first-order chi connectivity index (χ1) is 43.1. The van der Waals surface area contributed by atoms with E-state index in [1.54, 1.807) is 47.8 Å². The standard InChI is InChI=1S/C63H87IN2O22S3/c1-14-65-37-28-81-43(26-41(37)77-10)86-55-50(73)48(66-88-44-25-38(68)57(34(7)82-44)90-58(75)45-31(4)47(64)53(56(80-13)52(45)78-11)87-59-51(74)54(79-12)49(72)33(6)84-59)32(5)83-60(55)85-40-17-15-16-29(2)18-22-62-36(24-30(3)67)39(69)27-63(62,76)35(46(40)62)20-23-89-91-61(8,9)21-19-42(70)71/h16,20,32-34,36-38,40-41,43-44,46,48-51,54-55,57,59-60,65-66,68,72-74,76H,14,19,21,23-28H2,1-13H3,(H,70,71)/b29-16-,35-20+/t32-,33+,34-,36?,37+,38+,40+,41+,43+,44+,46?,48-,49+,50+,51-,54-,55-,57-,59+,60+,62?,63+/m1/s1. The number of ether oxygens (including phenoxy) is 11. The molecule has 0 bridgehead atoms. The maximum Gasteiger partial charge on any atom is 0.303 e. The molecule has 8 N–H and O–H groups in total. The number of nitrogens with one attached hydrogen (secondary N) is 2. The van der Waals surface area contributed by atoms with Crippen LogP contribution >= 0.6 is 55.9 Å². The van der Waals surface area contributed by atoms with E-state index in [2.05, 4.69) is 34.5 Å². The first-order valence-corrected chi connectivity index (χ1v) is 34.7. The van der Waals surface area contributed by atoms with Crippen LogP contribution in [-0.2, 0) is 57.1 Å². The number of carbonyl (C=O) groups is 4. The topological polar surface area (TPSA) is 324 Å². The Kier molecular flexibility index (Phi) is 25.4. The van der Waals surface area contributed by atoms with Gasteiger partial charge < -0.3 is 92.9 Å². The number of Topliss-reactive ketones (excluding diaryl/α,β-unsaturated/α-hetero) is 2. The molecule has 28 heteroatoms. The number of ketones is 2. The second kappa shape index (κ2) is 31.4. The molecule has 24 nitrogen and oxygen atoms in total. The van der Waals surface area contributed by atoms with Crippen molar-refractivity contribution in [2.24, 2.45) is 17.3 Å².